The van der Waals surface area contributed by atoms with Crippen LogP contribution in [0.15, 0.2) is 91.0 Å². The van der Waals surface area contributed by atoms with Crippen LogP contribution >= 0.6 is 0 Å². The van der Waals surface area contributed by atoms with E-state index in [0.29, 0.717) is 0 Å². The minimum Gasteiger partial charge on any atom is -0.514 e. The molecule has 0 saturated heterocycles. The van der Waals surface area contributed by atoms with Crippen molar-refractivity contribution in [2.45, 2.75) is 0 Å². The fourth-order valence-electron chi connectivity index (χ4n) is 1.75. The number of carboxylic acid groups (broad SMARTS) is 3. The molecule has 0 aliphatic rings. The maximum absolute atomic E-state index is 9.84. The summed E-state index contributed by atoms with van der Waals surface area (Å²) in [6.07, 6.45) is -4.61. The average Bonchev–Trinajstić information content (AvgIpc) is 2.70. The second-order valence-corrected chi connectivity index (χ2v) is 5.00. The van der Waals surface area contributed by atoms with E-state index < -0.39 is 18.5 Å². The fraction of sp³-hybridized carbons (Fsp3) is 0. The fourth-order valence-corrected chi connectivity index (χ4v) is 1.75. The molecule has 0 heterocycles. The van der Waals surface area contributed by atoms with E-state index in [4.69, 9.17) is 0 Å². The van der Waals surface area contributed by atoms with Crippen LogP contribution in [0.4, 0.5) is 14.4 Å². The Labute approximate surface area is 196 Å². The van der Waals surface area contributed by atoms with Gasteiger partial charge in [-0.3, -0.25) is 0 Å². The van der Waals surface area contributed by atoms with Gasteiger partial charge in [0.05, 0.1) is 17.2 Å². The van der Waals surface area contributed by atoms with Crippen molar-refractivity contribution in [2.75, 3.05) is 0 Å². The SMILES string of the molecule is O=C([O-])Oc1ccccc1.O=C([O-])Oc1ccccc1.O=C([O-])Oc1ccccc1.[Bi+3]. The Morgan fingerprint density at radius 2 is 0.645 bits per heavy atom. The first-order chi connectivity index (χ1) is 14.4. The van der Waals surface area contributed by atoms with Gasteiger partial charge in [0.15, 0.2) is 0 Å². The summed E-state index contributed by atoms with van der Waals surface area (Å²) in [4.78, 5) is 29.5. The molecule has 0 aromatic heterocycles. The molecule has 0 aliphatic carbocycles. The molecule has 9 nitrogen and oxygen atoms in total. The van der Waals surface area contributed by atoms with Gasteiger partial charge in [-0.15, -0.1) is 0 Å². The van der Waals surface area contributed by atoms with Gasteiger partial charge in [0, 0.05) is 0 Å². The zero-order chi connectivity index (χ0) is 22.2. The average molecular weight is 620 g/mol. The quantitative estimate of drug-likeness (QED) is 0.236. The van der Waals surface area contributed by atoms with Gasteiger partial charge in [0.25, 0.3) is 18.5 Å². The first-order valence-electron chi connectivity index (χ1n) is 8.18. The molecule has 3 aromatic rings. The maximum atomic E-state index is 9.84. The van der Waals surface area contributed by atoms with E-state index >= 15 is 0 Å². The van der Waals surface area contributed by atoms with Crippen LogP contribution in [-0.4, -0.2) is 44.7 Å². The van der Waals surface area contributed by atoms with E-state index in [9.17, 15) is 29.7 Å². The molecule has 158 valence electrons. The van der Waals surface area contributed by atoms with Gasteiger partial charge in [-0.05, 0) is 36.4 Å². The van der Waals surface area contributed by atoms with Crippen molar-refractivity contribution in [3.8, 4) is 17.2 Å². The van der Waals surface area contributed by atoms with E-state index in [2.05, 4.69) is 14.2 Å². The number of carbonyl (C=O) groups excluding carboxylic acids is 3. The summed E-state index contributed by atoms with van der Waals surface area (Å²) in [5, 5.41) is 29.5. The summed E-state index contributed by atoms with van der Waals surface area (Å²) in [5.74, 6) is 0.840. The molecule has 0 N–H and O–H groups in total. The van der Waals surface area contributed by atoms with Crippen LogP contribution in [0, 0.1) is 0 Å². The number of ether oxygens (including phenoxy) is 3. The normalized spacial score (nSPS) is 8.52. The van der Waals surface area contributed by atoms with Gasteiger partial charge in [0.1, 0.15) is 0 Å². The van der Waals surface area contributed by atoms with Crippen molar-refractivity contribution in [3.05, 3.63) is 91.0 Å². The van der Waals surface area contributed by atoms with Gasteiger partial charge < -0.3 is 43.9 Å². The third-order valence-electron chi connectivity index (χ3n) is 2.83. The Kier molecular flexibility index (Phi) is 14.3. The largest absolute Gasteiger partial charge is 3.00 e. The van der Waals surface area contributed by atoms with Crippen LogP contribution in [0.25, 0.3) is 0 Å². The van der Waals surface area contributed by atoms with Crippen LogP contribution in [0.1, 0.15) is 0 Å². The predicted octanol–water partition coefficient (Wildman–Crippen LogP) is 0.845. The molecule has 2 radical (unpaired) electrons. The van der Waals surface area contributed by atoms with Crippen LogP contribution in [0.3, 0.4) is 0 Å². The number of para-hydroxylation sites is 3. The minimum atomic E-state index is -1.54. The summed E-state index contributed by atoms with van der Waals surface area (Å²) in [6.45, 7) is 0. The molecule has 0 amide bonds. The molecule has 0 fully saturated rings. The molecule has 0 atom stereocenters. The van der Waals surface area contributed by atoms with Crippen molar-refractivity contribution in [2.24, 2.45) is 0 Å². The van der Waals surface area contributed by atoms with Crippen LogP contribution in [0.2, 0.25) is 0 Å². The van der Waals surface area contributed by atoms with Gasteiger partial charge in [-0.25, -0.2) is 0 Å². The van der Waals surface area contributed by atoms with Crippen LogP contribution < -0.4 is 29.5 Å². The monoisotopic (exact) mass is 620 g/mol. The first-order valence-corrected chi connectivity index (χ1v) is 8.18. The zero-order valence-electron chi connectivity index (χ0n) is 15.8. The Bertz CT molecular complexity index is 781. The smallest absolute Gasteiger partial charge is 0.514 e. The molecule has 3 aromatic carbocycles. The third-order valence-corrected chi connectivity index (χ3v) is 2.83. The summed E-state index contributed by atoms with van der Waals surface area (Å²) in [6, 6.07) is 24.6. The molecular weight excluding hydrogens is 605 g/mol. The molecule has 0 aliphatic heterocycles. The van der Waals surface area contributed by atoms with E-state index in [-0.39, 0.29) is 43.5 Å². The van der Waals surface area contributed by atoms with E-state index in [1.165, 1.54) is 36.4 Å². The molecule has 0 spiro atoms. The number of carbonyl (C=O) groups is 3. The molecule has 31 heavy (non-hydrogen) atoms. The summed E-state index contributed by atoms with van der Waals surface area (Å²) in [7, 11) is 0. The minimum absolute atomic E-state index is 0. The molecule has 0 bridgehead atoms. The van der Waals surface area contributed by atoms with E-state index in [0.717, 1.165) is 0 Å². The number of rotatable bonds is 3. The first kappa shape index (κ1) is 27.4. The predicted molar refractivity (Wildman–Crippen MR) is 103 cm³/mol. The standard InChI is InChI=1S/3C7H6O3.Bi/c3*8-7(9)10-6-4-2-1-3-5-6;/h3*1-5H,(H,8,9);/q;;;+3/p-3. The topological polar surface area (TPSA) is 148 Å². The van der Waals surface area contributed by atoms with Crippen molar-refractivity contribution in [3.63, 3.8) is 0 Å². The van der Waals surface area contributed by atoms with Crippen molar-refractivity contribution >= 4 is 44.7 Å². The Morgan fingerprint density at radius 3 is 0.806 bits per heavy atom. The van der Waals surface area contributed by atoms with Gasteiger partial charge in [0.2, 0.25) is 0 Å². The van der Waals surface area contributed by atoms with Crippen LogP contribution in [-0.2, 0) is 0 Å². The second-order valence-electron chi connectivity index (χ2n) is 5.00. The number of hydrogen-bond donors (Lipinski definition) is 0. The molecule has 3 rings (SSSR count). The van der Waals surface area contributed by atoms with E-state index in [1.54, 1.807) is 54.6 Å². The Hall–Kier alpha value is -3.65. The van der Waals surface area contributed by atoms with Gasteiger partial charge in [-0.1, -0.05) is 54.6 Å². The summed E-state index contributed by atoms with van der Waals surface area (Å²) < 4.78 is 12.7. The van der Waals surface area contributed by atoms with Crippen LogP contribution in [0.5, 0.6) is 17.2 Å². The van der Waals surface area contributed by atoms with E-state index in [1.807, 2.05) is 0 Å². The molecule has 10 heteroatoms. The Balaban J connectivity index is 0.000000429. The molecular formula is C21H15BiO9. The summed E-state index contributed by atoms with van der Waals surface area (Å²) in [5.41, 5.74) is 0. The van der Waals surface area contributed by atoms with Crippen molar-refractivity contribution in [1.82, 2.24) is 0 Å². The number of hydrogen-bond acceptors (Lipinski definition) is 9. The van der Waals surface area contributed by atoms with Gasteiger partial charge in [-0.2, -0.15) is 0 Å². The third kappa shape index (κ3) is 14.9. The maximum Gasteiger partial charge on any atom is 3.00 e. The van der Waals surface area contributed by atoms with Crippen molar-refractivity contribution < 1.29 is 43.9 Å². The summed E-state index contributed by atoms with van der Waals surface area (Å²) >= 11 is 0. The zero-order valence-corrected chi connectivity index (χ0v) is 19.3. The van der Waals surface area contributed by atoms with Gasteiger partial charge >= 0.3 is 26.2 Å². The molecule has 0 saturated carbocycles. The number of benzene rings is 3. The van der Waals surface area contributed by atoms with Crippen molar-refractivity contribution in [1.29, 1.82) is 0 Å². The Morgan fingerprint density at radius 1 is 0.452 bits per heavy atom. The second kappa shape index (κ2) is 16.2. The molecule has 0 unspecified atom stereocenters.